The summed E-state index contributed by atoms with van der Waals surface area (Å²) in [6.45, 7) is 13.1. The van der Waals surface area contributed by atoms with Crippen LogP contribution in [-0.4, -0.2) is 14.4 Å². The van der Waals surface area contributed by atoms with E-state index in [2.05, 4.69) is 40.2 Å². The van der Waals surface area contributed by atoms with Crippen LogP contribution in [0.2, 0.25) is 18.1 Å². The van der Waals surface area contributed by atoms with Crippen molar-refractivity contribution in [2.24, 2.45) is 0 Å². The Kier molecular flexibility index (Phi) is 8.29. The molecule has 2 heteroatoms. The lowest BCUT2D eigenvalue weighted by molar-refractivity contribution is 0.222. The number of terminal acetylenes is 1. The minimum atomic E-state index is -1.57. The van der Waals surface area contributed by atoms with Crippen molar-refractivity contribution in [2.75, 3.05) is 0 Å². The Bertz CT molecular complexity index is 252. The molecular weight excluding hydrogens is 224 g/mol. The van der Waals surface area contributed by atoms with Crippen molar-refractivity contribution in [2.45, 2.75) is 71.2 Å². The summed E-state index contributed by atoms with van der Waals surface area (Å²) in [4.78, 5) is 0. The Morgan fingerprint density at radius 1 is 1.24 bits per heavy atom. The first-order valence-electron chi connectivity index (χ1n) is 6.88. The molecule has 0 aromatic carbocycles. The van der Waals surface area contributed by atoms with Crippen LogP contribution in [0.25, 0.3) is 0 Å². The molecule has 0 saturated carbocycles. The van der Waals surface area contributed by atoms with Crippen LogP contribution in [0.4, 0.5) is 0 Å². The second kappa shape index (κ2) is 8.55. The van der Waals surface area contributed by atoms with E-state index in [1.165, 1.54) is 23.7 Å². The van der Waals surface area contributed by atoms with E-state index in [1.54, 1.807) is 0 Å². The Hall–Kier alpha value is -0.523. The second-order valence-electron chi connectivity index (χ2n) is 4.67. The van der Waals surface area contributed by atoms with E-state index < -0.39 is 8.32 Å². The van der Waals surface area contributed by atoms with Crippen molar-refractivity contribution < 1.29 is 4.43 Å². The fraction of sp³-hybridized carbons (Fsp3) is 0.733. The van der Waals surface area contributed by atoms with Crippen molar-refractivity contribution in [3.8, 4) is 12.3 Å². The standard InChI is InChI=1S/C15H28OSi/c1-7-12-14(6)15(13-8-2)16-17(9-3,10-4)11-5/h2,15H,6-7,9-13H2,1,3-5H3. The minimum Gasteiger partial charge on any atom is -0.409 e. The molecular formula is C15H28OSi. The average Bonchev–Trinajstić information content (AvgIpc) is 2.35. The first-order chi connectivity index (χ1) is 8.09. The van der Waals surface area contributed by atoms with Crippen LogP contribution in [0, 0.1) is 12.3 Å². The molecule has 0 N–H and O–H groups in total. The lowest BCUT2D eigenvalue weighted by Crippen LogP contribution is -2.40. The third-order valence-electron chi connectivity index (χ3n) is 3.65. The van der Waals surface area contributed by atoms with Crippen molar-refractivity contribution in [3.05, 3.63) is 12.2 Å². The van der Waals surface area contributed by atoms with Gasteiger partial charge in [-0.3, -0.25) is 0 Å². The predicted octanol–water partition coefficient (Wildman–Crippen LogP) is 4.76. The summed E-state index contributed by atoms with van der Waals surface area (Å²) in [7, 11) is -1.57. The van der Waals surface area contributed by atoms with E-state index in [0.717, 1.165) is 12.8 Å². The largest absolute Gasteiger partial charge is 0.409 e. The van der Waals surface area contributed by atoms with Gasteiger partial charge >= 0.3 is 0 Å². The third kappa shape index (κ3) is 5.10. The third-order valence-corrected chi connectivity index (χ3v) is 8.31. The van der Waals surface area contributed by atoms with E-state index in [4.69, 9.17) is 10.8 Å². The van der Waals surface area contributed by atoms with E-state index in [0.29, 0.717) is 6.42 Å². The van der Waals surface area contributed by atoms with Gasteiger partial charge in [0.2, 0.25) is 0 Å². The molecule has 17 heavy (non-hydrogen) atoms. The van der Waals surface area contributed by atoms with Gasteiger partial charge in [0.25, 0.3) is 0 Å². The van der Waals surface area contributed by atoms with Gasteiger partial charge in [-0.05, 0) is 30.1 Å². The smallest absolute Gasteiger partial charge is 0.192 e. The van der Waals surface area contributed by atoms with Gasteiger partial charge < -0.3 is 4.43 Å². The molecule has 98 valence electrons. The summed E-state index contributed by atoms with van der Waals surface area (Å²) in [5, 5.41) is 0. The van der Waals surface area contributed by atoms with Crippen molar-refractivity contribution in [1.82, 2.24) is 0 Å². The van der Waals surface area contributed by atoms with Crippen LogP contribution in [0.3, 0.4) is 0 Å². The molecule has 0 aliphatic carbocycles. The average molecular weight is 252 g/mol. The molecule has 0 saturated heterocycles. The lowest BCUT2D eigenvalue weighted by Gasteiger charge is -2.33. The molecule has 0 aliphatic heterocycles. The fourth-order valence-corrected chi connectivity index (χ4v) is 5.01. The molecule has 0 fully saturated rings. The van der Waals surface area contributed by atoms with Crippen LogP contribution in [-0.2, 0) is 4.43 Å². The van der Waals surface area contributed by atoms with E-state index in [-0.39, 0.29) is 6.10 Å². The maximum absolute atomic E-state index is 6.44. The number of hydrogen-bond acceptors (Lipinski definition) is 1. The Labute approximate surface area is 109 Å². The zero-order valence-corrected chi connectivity index (χ0v) is 13.0. The van der Waals surface area contributed by atoms with Crippen LogP contribution in [0.5, 0.6) is 0 Å². The van der Waals surface area contributed by atoms with Crippen molar-refractivity contribution >= 4 is 8.32 Å². The molecule has 0 amide bonds. The SMILES string of the molecule is C#CCC(O[Si](CC)(CC)CC)C(=C)CCC. The minimum absolute atomic E-state index is 0.0893. The molecule has 0 aliphatic rings. The Morgan fingerprint density at radius 2 is 1.76 bits per heavy atom. The maximum atomic E-state index is 6.44. The Balaban J connectivity index is 4.72. The van der Waals surface area contributed by atoms with Gasteiger partial charge in [0.15, 0.2) is 8.32 Å². The van der Waals surface area contributed by atoms with Crippen LogP contribution >= 0.6 is 0 Å². The Morgan fingerprint density at radius 3 is 2.12 bits per heavy atom. The normalized spacial score (nSPS) is 13.1. The van der Waals surface area contributed by atoms with Crippen LogP contribution < -0.4 is 0 Å². The highest BCUT2D eigenvalue weighted by Crippen LogP contribution is 2.27. The maximum Gasteiger partial charge on any atom is 0.192 e. The van der Waals surface area contributed by atoms with Crippen molar-refractivity contribution in [1.29, 1.82) is 0 Å². The highest BCUT2D eigenvalue weighted by atomic mass is 28.4. The van der Waals surface area contributed by atoms with Gasteiger partial charge in [-0.25, -0.2) is 0 Å². The quantitative estimate of drug-likeness (QED) is 0.327. The number of hydrogen-bond donors (Lipinski definition) is 0. The summed E-state index contributed by atoms with van der Waals surface area (Å²) < 4.78 is 6.44. The van der Waals surface area contributed by atoms with Gasteiger partial charge in [-0.1, -0.05) is 40.7 Å². The van der Waals surface area contributed by atoms with E-state index in [1.807, 2.05) is 0 Å². The molecule has 0 spiro atoms. The monoisotopic (exact) mass is 252 g/mol. The molecule has 1 unspecified atom stereocenters. The highest BCUT2D eigenvalue weighted by molar-refractivity contribution is 6.73. The summed E-state index contributed by atoms with van der Waals surface area (Å²) in [5.41, 5.74) is 1.18. The fourth-order valence-electron chi connectivity index (χ4n) is 2.16. The highest BCUT2D eigenvalue weighted by Gasteiger charge is 2.32. The molecule has 0 aromatic heterocycles. The summed E-state index contributed by atoms with van der Waals surface area (Å²) in [5.74, 6) is 2.74. The molecule has 0 heterocycles. The molecule has 1 atom stereocenters. The zero-order valence-electron chi connectivity index (χ0n) is 12.0. The summed E-state index contributed by atoms with van der Waals surface area (Å²) in [6.07, 6.45) is 8.35. The second-order valence-corrected chi connectivity index (χ2v) is 9.39. The lowest BCUT2D eigenvalue weighted by atomic mass is 10.0. The molecule has 1 nitrogen and oxygen atoms in total. The first kappa shape index (κ1) is 16.5. The van der Waals surface area contributed by atoms with Crippen LogP contribution in [0.15, 0.2) is 12.2 Å². The van der Waals surface area contributed by atoms with Gasteiger partial charge in [0.1, 0.15) is 0 Å². The molecule has 0 rings (SSSR count). The molecule has 0 aromatic rings. The van der Waals surface area contributed by atoms with Gasteiger partial charge in [-0.15, -0.1) is 12.3 Å². The van der Waals surface area contributed by atoms with E-state index in [9.17, 15) is 0 Å². The molecule has 0 bridgehead atoms. The van der Waals surface area contributed by atoms with Crippen molar-refractivity contribution in [3.63, 3.8) is 0 Å². The van der Waals surface area contributed by atoms with Gasteiger partial charge in [0.05, 0.1) is 6.10 Å². The van der Waals surface area contributed by atoms with Gasteiger partial charge in [0, 0.05) is 6.42 Å². The zero-order chi connectivity index (χ0) is 13.3. The summed E-state index contributed by atoms with van der Waals surface area (Å²) >= 11 is 0. The van der Waals surface area contributed by atoms with Gasteiger partial charge in [-0.2, -0.15) is 0 Å². The predicted molar refractivity (Wildman–Crippen MR) is 79.6 cm³/mol. The number of rotatable bonds is 9. The molecule has 0 radical (unpaired) electrons. The van der Waals surface area contributed by atoms with Crippen LogP contribution in [0.1, 0.15) is 47.0 Å². The summed E-state index contributed by atoms with van der Waals surface area (Å²) in [6, 6.07) is 3.50. The van der Waals surface area contributed by atoms with E-state index >= 15 is 0 Å². The first-order valence-corrected chi connectivity index (χ1v) is 9.40. The topological polar surface area (TPSA) is 9.23 Å².